The maximum Gasteiger partial charge on any atom is 0.351 e. The zero-order chi connectivity index (χ0) is 21.9. The quantitative estimate of drug-likeness (QED) is 0.472. The molecule has 0 spiro atoms. The van der Waals surface area contributed by atoms with Crippen molar-refractivity contribution in [1.82, 2.24) is 14.3 Å². The van der Waals surface area contributed by atoms with E-state index in [1.165, 1.54) is 13.8 Å². The van der Waals surface area contributed by atoms with Crippen molar-refractivity contribution in [2.45, 2.75) is 40.2 Å². The molecule has 2 rings (SSSR count). The van der Waals surface area contributed by atoms with Gasteiger partial charge in [0.05, 0.1) is 13.2 Å². The number of carbonyl (C=O) groups is 2. The molecule has 0 aliphatic carbocycles. The van der Waals surface area contributed by atoms with Gasteiger partial charge in [0.25, 0.3) is 6.43 Å². The van der Waals surface area contributed by atoms with Gasteiger partial charge in [0.1, 0.15) is 23.2 Å². The molecule has 0 radical (unpaired) electrons. The minimum absolute atomic E-state index is 0.0284. The number of ketones is 1. The average Bonchev–Trinajstić information content (AvgIpc) is 2.88. The predicted octanol–water partition coefficient (Wildman–Crippen LogP) is 2.71. The lowest BCUT2D eigenvalue weighted by atomic mass is 9.95. The highest BCUT2D eigenvalue weighted by molar-refractivity contribution is 6.31. The number of hydrogen-bond donors (Lipinski definition) is 0. The summed E-state index contributed by atoms with van der Waals surface area (Å²) in [6.45, 7) is 3.31. The lowest BCUT2D eigenvalue weighted by Gasteiger charge is -2.15. The molecule has 0 bridgehead atoms. The number of ether oxygens (including phenoxy) is 1. The summed E-state index contributed by atoms with van der Waals surface area (Å²) < 4.78 is 46.1. The number of rotatable bonds is 8. The van der Waals surface area contributed by atoms with Gasteiger partial charge < -0.3 is 4.74 Å². The Morgan fingerprint density at radius 1 is 1.31 bits per heavy atom. The van der Waals surface area contributed by atoms with Gasteiger partial charge in [-0.3, -0.25) is 14.2 Å². The van der Waals surface area contributed by atoms with Crippen LogP contribution < -0.4 is 5.69 Å². The van der Waals surface area contributed by atoms with Gasteiger partial charge in [-0.15, -0.1) is 0 Å². The van der Waals surface area contributed by atoms with Crippen LogP contribution in [0.25, 0.3) is 5.69 Å². The SMILES string of the molecule is CCOC(=O)C(Cc1cc(-n2nc(C)n(CC(F)F)c2=O)c(F)cc1Cl)C(C)=O. The molecule has 0 saturated carbocycles. The Bertz CT molecular complexity index is 987. The zero-order valence-electron chi connectivity index (χ0n) is 15.9. The Hall–Kier alpha value is -2.62. The largest absolute Gasteiger partial charge is 0.465 e. The van der Waals surface area contributed by atoms with E-state index in [2.05, 4.69) is 5.10 Å². The highest BCUT2D eigenvalue weighted by atomic mass is 35.5. The highest BCUT2D eigenvalue weighted by Crippen LogP contribution is 2.26. The zero-order valence-corrected chi connectivity index (χ0v) is 16.7. The smallest absolute Gasteiger partial charge is 0.351 e. The van der Waals surface area contributed by atoms with Gasteiger partial charge in [0.15, 0.2) is 5.82 Å². The standard InChI is InChI=1S/C18H19ClF3N3O4/c1-4-29-17(27)12(9(2)26)5-11-6-15(14(20)7-13(11)19)25-18(28)24(8-16(21)22)10(3)23-25/h6-7,12,16H,4-5,8H2,1-3H3. The molecular formula is C18H19ClF3N3O4. The maximum atomic E-state index is 14.5. The van der Waals surface area contributed by atoms with Crippen LogP contribution in [0.3, 0.4) is 0 Å². The van der Waals surface area contributed by atoms with Crippen LogP contribution in [0, 0.1) is 18.7 Å². The number of hydrogen-bond acceptors (Lipinski definition) is 5. The van der Waals surface area contributed by atoms with E-state index in [1.807, 2.05) is 0 Å². The normalized spacial score (nSPS) is 12.3. The van der Waals surface area contributed by atoms with Crippen LogP contribution in [0.1, 0.15) is 25.2 Å². The lowest BCUT2D eigenvalue weighted by Crippen LogP contribution is -2.28. The first-order chi connectivity index (χ1) is 13.6. The number of Topliss-reactive ketones (excluding diaryl/α,β-unsaturated/α-hetero) is 1. The van der Waals surface area contributed by atoms with Gasteiger partial charge >= 0.3 is 11.7 Å². The first-order valence-electron chi connectivity index (χ1n) is 8.66. The fourth-order valence-corrected chi connectivity index (χ4v) is 2.98. The Morgan fingerprint density at radius 2 is 1.97 bits per heavy atom. The molecule has 0 saturated heterocycles. The van der Waals surface area contributed by atoms with Gasteiger partial charge in [0, 0.05) is 5.02 Å². The van der Waals surface area contributed by atoms with Crippen LogP contribution in [-0.2, 0) is 27.3 Å². The molecule has 0 fully saturated rings. The molecule has 1 heterocycles. The fraction of sp³-hybridized carbons (Fsp3) is 0.444. The number of aryl methyl sites for hydroxylation is 1. The topological polar surface area (TPSA) is 83.2 Å². The number of alkyl halides is 2. The first-order valence-corrected chi connectivity index (χ1v) is 9.04. The van der Waals surface area contributed by atoms with Crippen molar-refractivity contribution in [2.75, 3.05) is 6.61 Å². The summed E-state index contributed by atoms with van der Waals surface area (Å²) in [5.41, 5.74) is -1.09. The number of benzene rings is 1. The van der Waals surface area contributed by atoms with Crippen molar-refractivity contribution in [3.63, 3.8) is 0 Å². The summed E-state index contributed by atoms with van der Waals surface area (Å²) in [6, 6.07) is 2.07. The van der Waals surface area contributed by atoms with Crippen molar-refractivity contribution >= 4 is 23.4 Å². The van der Waals surface area contributed by atoms with Crippen LogP contribution in [0.5, 0.6) is 0 Å². The van der Waals surface area contributed by atoms with E-state index in [4.69, 9.17) is 16.3 Å². The molecule has 0 aliphatic rings. The second-order valence-electron chi connectivity index (χ2n) is 6.26. The van der Waals surface area contributed by atoms with Crippen molar-refractivity contribution in [3.8, 4) is 5.69 Å². The van der Waals surface area contributed by atoms with Crippen LogP contribution in [0.15, 0.2) is 16.9 Å². The molecule has 0 aliphatic heterocycles. The Morgan fingerprint density at radius 3 is 2.52 bits per heavy atom. The van der Waals surface area contributed by atoms with Crippen molar-refractivity contribution in [1.29, 1.82) is 0 Å². The molecule has 2 aromatic rings. The summed E-state index contributed by atoms with van der Waals surface area (Å²) in [5, 5.41) is 3.77. The summed E-state index contributed by atoms with van der Waals surface area (Å²) in [7, 11) is 0. The number of aromatic nitrogens is 3. The van der Waals surface area contributed by atoms with Gasteiger partial charge in [0.2, 0.25) is 0 Å². The van der Waals surface area contributed by atoms with Gasteiger partial charge in [-0.05, 0) is 44.9 Å². The molecule has 7 nitrogen and oxygen atoms in total. The second kappa shape index (κ2) is 9.25. The Balaban J connectivity index is 2.51. The molecule has 158 valence electrons. The number of carbonyl (C=O) groups excluding carboxylic acids is 2. The predicted molar refractivity (Wildman–Crippen MR) is 98.0 cm³/mol. The third kappa shape index (κ3) is 5.06. The Kier molecular flexibility index (Phi) is 7.23. The van der Waals surface area contributed by atoms with Gasteiger partial charge in [-0.1, -0.05) is 11.6 Å². The minimum atomic E-state index is -2.80. The second-order valence-corrected chi connectivity index (χ2v) is 6.66. The summed E-state index contributed by atoms with van der Waals surface area (Å²) in [6.07, 6.45) is -2.98. The van der Waals surface area contributed by atoms with E-state index in [0.29, 0.717) is 4.68 Å². The highest BCUT2D eigenvalue weighted by Gasteiger charge is 2.27. The number of nitrogens with zero attached hydrogens (tertiary/aromatic N) is 3. The molecular weight excluding hydrogens is 415 g/mol. The molecule has 29 heavy (non-hydrogen) atoms. The third-order valence-corrected chi connectivity index (χ3v) is 4.55. The average molecular weight is 434 g/mol. The summed E-state index contributed by atoms with van der Waals surface area (Å²) in [4.78, 5) is 36.3. The van der Waals surface area contributed by atoms with Crippen molar-refractivity contribution < 1.29 is 27.5 Å². The van der Waals surface area contributed by atoms with Crippen molar-refractivity contribution in [3.05, 3.63) is 44.8 Å². The molecule has 1 atom stereocenters. The van der Waals surface area contributed by atoms with E-state index < -0.39 is 42.1 Å². The van der Waals surface area contributed by atoms with E-state index in [1.54, 1.807) is 6.92 Å². The van der Waals surface area contributed by atoms with E-state index in [-0.39, 0.29) is 35.1 Å². The molecule has 0 amide bonds. The number of halogens is 4. The lowest BCUT2D eigenvalue weighted by molar-refractivity contribution is -0.151. The van der Waals surface area contributed by atoms with Crippen LogP contribution in [0.2, 0.25) is 5.02 Å². The summed E-state index contributed by atoms with van der Waals surface area (Å²) in [5.74, 6) is -3.34. The van der Waals surface area contributed by atoms with Crippen LogP contribution in [0.4, 0.5) is 13.2 Å². The molecule has 1 unspecified atom stereocenters. The molecule has 1 aromatic carbocycles. The van der Waals surface area contributed by atoms with Crippen LogP contribution >= 0.6 is 11.6 Å². The number of esters is 1. The molecule has 0 N–H and O–H groups in total. The fourth-order valence-electron chi connectivity index (χ4n) is 2.75. The monoisotopic (exact) mass is 433 g/mol. The van der Waals surface area contributed by atoms with Gasteiger partial charge in [-0.25, -0.2) is 18.0 Å². The third-order valence-electron chi connectivity index (χ3n) is 4.20. The van der Waals surface area contributed by atoms with E-state index >= 15 is 0 Å². The van der Waals surface area contributed by atoms with E-state index in [9.17, 15) is 27.6 Å². The van der Waals surface area contributed by atoms with Crippen LogP contribution in [-0.4, -0.2) is 39.1 Å². The van der Waals surface area contributed by atoms with Gasteiger partial charge in [-0.2, -0.15) is 9.78 Å². The minimum Gasteiger partial charge on any atom is -0.465 e. The molecule has 11 heteroatoms. The summed E-state index contributed by atoms with van der Waals surface area (Å²) >= 11 is 6.05. The Labute approximate surface area is 169 Å². The maximum absolute atomic E-state index is 14.5. The van der Waals surface area contributed by atoms with E-state index in [0.717, 1.165) is 16.7 Å². The first kappa shape index (κ1) is 22.7. The molecule has 1 aromatic heterocycles. The van der Waals surface area contributed by atoms with Crippen molar-refractivity contribution in [2.24, 2.45) is 5.92 Å².